The summed E-state index contributed by atoms with van der Waals surface area (Å²) in [5.74, 6) is -1.16. The molecule has 0 unspecified atom stereocenters. The molecular formula is C15H18F3N3O4S. The molecule has 0 aromatic heterocycles. The number of nitrogens with zero attached hydrogens (tertiary/aromatic N) is 2. The van der Waals surface area contributed by atoms with Crippen LogP contribution in [0.2, 0.25) is 0 Å². The third kappa shape index (κ3) is 4.94. The predicted octanol–water partition coefficient (Wildman–Crippen LogP) is 0.831. The molecule has 11 heteroatoms. The number of benzene rings is 1. The third-order valence-electron chi connectivity index (χ3n) is 3.87. The van der Waals surface area contributed by atoms with E-state index in [0.717, 1.165) is 6.07 Å². The summed E-state index contributed by atoms with van der Waals surface area (Å²) in [6.45, 7) is 0.600. The van der Waals surface area contributed by atoms with Gasteiger partial charge in [-0.05, 0) is 18.2 Å². The summed E-state index contributed by atoms with van der Waals surface area (Å²) in [5, 5.41) is 1.70. The van der Waals surface area contributed by atoms with Gasteiger partial charge in [0.2, 0.25) is 15.9 Å². The summed E-state index contributed by atoms with van der Waals surface area (Å²) in [7, 11) is -3.92. The summed E-state index contributed by atoms with van der Waals surface area (Å²) < 4.78 is 63.1. The van der Waals surface area contributed by atoms with Crippen LogP contribution in [0.3, 0.4) is 0 Å². The molecule has 1 aromatic carbocycles. The van der Waals surface area contributed by atoms with Crippen molar-refractivity contribution in [3.63, 3.8) is 0 Å². The Bertz CT molecular complexity index is 788. The standard InChI is InChI=1S/C15H18F3N3O4S/c1-11(22)20-5-7-21(8-6-20)26(24,25)13-4-2-3-12(9-13)14(23)19-10-15(16,17)18/h2-4,9H,5-8,10H2,1H3,(H,19,23). The van der Waals surface area contributed by atoms with E-state index < -0.39 is 28.7 Å². The summed E-state index contributed by atoms with van der Waals surface area (Å²) in [6, 6.07) is 4.84. The maximum Gasteiger partial charge on any atom is 0.405 e. The Hall–Kier alpha value is -2.14. The van der Waals surface area contributed by atoms with Gasteiger partial charge >= 0.3 is 6.18 Å². The van der Waals surface area contributed by atoms with Crippen molar-refractivity contribution in [2.45, 2.75) is 18.0 Å². The fourth-order valence-corrected chi connectivity index (χ4v) is 3.94. The van der Waals surface area contributed by atoms with Gasteiger partial charge in [0.25, 0.3) is 5.91 Å². The van der Waals surface area contributed by atoms with Crippen LogP contribution < -0.4 is 5.32 Å². The Balaban J connectivity index is 2.13. The smallest absolute Gasteiger partial charge is 0.343 e. The minimum absolute atomic E-state index is 0.104. The summed E-state index contributed by atoms with van der Waals surface area (Å²) >= 11 is 0. The quantitative estimate of drug-likeness (QED) is 0.821. The van der Waals surface area contributed by atoms with Crippen LogP contribution >= 0.6 is 0 Å². The van der Waals surface area contributed by atoms with Crippen molar-refractivity contribution in [2.24, 2.45) is 0 Å². The highest BCUT2D eigenvalue weighted by atomic mass is 32.2. The number of nitrogens with one attached hydrogen (secondary N) is 1. The highest BCUT2D eigenvalue weighted by molar-refractivity contribution is 7.89. The molecule has 1 N–H and O–H groups in total. The molecule has 0 spiro atoms. The van der Waals surface area contributed by atoms with E-state index in [1.54, 1.807) is 5.32 Å². The van der Waals surface area contributed by atoms with Gasteiger partial charge in [0.15, 0.2) is 0 Å². The molecule has 1 aliphatic heterocycles. The first-order chi connectivity index (χ1) is 12.0. The van der Waals surface area contributed by atoms with Crippen LogP contribution in [0.15, 0.2) is 29.2 Å². The van der Waals surface area contributed by atoms with Crippen LogP contribution in [0.25, 0.3) is 0 Å². The lowest BCUT2D eigenvalue weighted by molar-refractivity contribution is -0.130. The summed E-state index contributed by atoms with van der Waals surface area (Å²) in [5.41, 5.74) is -0.183. The largest absolute Gasteiger partial charge is 0.405 e. The second kappa shape index (κ2) is 7.62. The molecule has 0 radical (unpaired) electrons. The second-order valence-electron chi connectivity index (χ2n) is 5.74. The molecule has 2 rings (SSSR count). The van der Waals surface area contributed by atoms with Crippen molar-refractivity contribution >= 4 is 21.8 Å². The molecule has 1 aromatic rings. The maximum atomic E-state index is 12.7. The average molecular weight is 393 g/mol. The second-order valence-corrected chi connectivity index (χ2v) is 7.67. The highest BCUT2D eigenvalue weighted by Crippen LogP contribution is 2.19. The fraction of sp³-hybridized carbons (Fsp3) is 0.467. The van der Waals surface area contributed by atoms with Gasteiger partial charge in [-0.1, -0.05) is 6.07 Å². The molecule has 2 amide bonds. The number of carbonyl (C=O) groups excluding carboxylic acids is 2. The Labute approximate surface area is 148 Å². The van der Waals surface area contributed by atoms with Gasteiger partial charge in [-0.2, -0.15) is 17.5 Å². The molecule has 1 fully saturated rings. The fourth-order valence-electron chi connectivity index (χ4n) is 2.47. The molecule has 1 saturated heterocycles. The highest BCUT2D eigenvalue weighted by Gasteiger charge is 2.30. The molecule has 1 heterocycles. The van der Waals surface area contributed by atoms with Crippen LogP contribution in [0.5, 0.6) is 0 Å². The number of amides is 2. The molecule has 7 nitrogen and oxygen atoms in total. The number of carbonyl (C=O) groups is 2. The molecular weight excluding hydrogens is 375 g/mol. The first kappa shape index (κ1) is 20.2. The Kier molecular flexibility index (Phi) is 5.91. The van der Waals surface area contributed by atoms with Gasteiger partial charge in [-0.25, -0.2) is 8.42 Å². The first-order valence-electron chi connectivity index (χ1n) is 7.71. The molecule has 0 aliphatic carbocycles. The van der Waals surface area contributed by atoms with Crippen LogP contribution in [-0.4, -0.2) is 68.3 Å². The molecule has 0 bridgehead atoms. The number of halogens is 3. The zero-order valence-corrected chi connectivity index (χ0v) is 14.7. The number of rotatable bonds is 4. The minimum Gasteiger partial charge on any atom is -0.343 e. The lowest BCUT2D eigenvalue weighted by Gasteiger charge is -2.33. The molecule has 1 aliphatic rings. The number of sulfonamides is 1. The van der Waals surface area contributed by atoms with Crippen molar-refractivity contribution < 1.29 is 31.2 Å². The molecule has 0 saturated carbocycles. The van der Waals surface area contributed by atoms with Crippen molar-refractivity contribution in [3.05, 3.63) is 29.8 Å². The average Bonchev–Trinajstić information content (AvgIpc) is 2.59. The number of hydrogen-bond acceptors (Lipinski definition) is 4. The SMILES string of the molecule is CC(=O)N1CCN(S(=O)(=O)c2cccc(C(=O)NCC(F)(F)F)c2)CC1. The Morgan fingerprint density at radius 1 is 1.15 bits per heavy atom. The van der Waals surface area contributed by atoms with Crippen molar-refractivity contribution in [3.8, 4) is 0 Å². The van der Waals surface area contributed by atoms with E-state index in [2.05, 4.69) is 0 Å². The van der Waals surface area contributed by atoms with Crippen molar-refractivity contribution in [1.29, 1.82) is 0 Å². The van der Waals surface area contributed by atoms with Gasteiger partial charge < -0.3 is 10.2 Å². The predicted molar refractivity (Wildman–Crippen MR) is 85.8 cm³/mol. The summed E-state index contributed by atoms with van der Waals surface area (Å²) in [6.07, 6.45) is -4.56. The van der Waals surface area contributed by atoms with Gasteiger partial charge in [-0.15, -0.1) is 0 Å². The van der Waals surface area contributed by atoms with Crippen molar-refractivity contribution in [1.82, 2.24) is 14.5 Å². The van der Waals surface area contributed by atoms with Gasteiger partial charge in [0.1, 0.15) is 6.54 Å². The molecule has 26 heavy (non-hydrogen) atoms. The van der Waals surface area contributed by atoms with Gasteiger partial charge in [0, 0.05) is 38.7 Å². The summed E-state index contributed by atoms with van der Waals surface area (Å²) in [4.78, 5) is 24.4. The Morgan fingerprint density at radius 3 is 2.31 bits per heavy atom. The topological polar surface area (TPSA) is 86.8 Å². The number of hydrogen-bond donors (Lipinski definition) is 1. The van der Waals surface area contributed by atoms with Crippen LogP contribution in [-0.2, 0) is 14.8 Å². The van der Waals surface area contributed by atoms with Crippen LogP contribution in [0.4, 0.5) is 13.2 Å². The van der Waals surface area contributed by atoms with E-state index in [4.69, 9.17) is 0 Å². The normalized spacial score (nSPS) is 16.4. The zero-order valence-electron chi connectivity index (χ0n) is 13.9. The maximum absolute atomic E-state index is 12.7. The van der Waals surface area contributed by atoms with Gasteiger partial charge in [-0.3, -0.25) is 9.59 Å². The van der Waals surface area contributed by atoms with Gasteiger partial charge in [0.05, 0.1) is 4.90 Å². The third-order valence-corrected chi connectivity index (χ3v) is 5.76. The molecule has 144 valence electrons. The number of alkyl halides is 3. The van der Waals surface area contributed by atoms with E-state index in [-0.39, 0.29) is 42.5 Å². The van der Waals surface area contributed by atoms with E-state index in [9.17, 15) is 31.2 Å². The minimum atomic E-state index is -4.56. The van der Waals surface area contributed by atoms with Crippen LogP contribution in [0.1, 0.15) is 17.3 Å². The Morgan fingerprint density at radius 2 is 1.77 bits per heavy atom. The van der Waals surface area contributed by atoms with E-state index in [0.29, 0.717) is 0 Å². The first-order valence-corrected chi connectivity index (χ1v) is 9.15. The lowest BCUT2D eigenvalue weighted by Crippen LogP contribution is -2.49. The van der Waals surface area contributed by atoms with Crippen molar-refractivity contribution in [2.75, 3.05) is 32.7 Å². The monoisotopic (exact) mass is 393 g/mol. The van der Waals surface area contributed by atoms with E-state index in [1.807, 2.05) is 0 Å². The van der Waals surface area contributed by atoms with Crippen LogP contribution in [0, 0.1) is 0 Å². The molecule has 0 atom stereocenters. The van der Waals surface area contributed by atoms with E-state index in [1.165, 1.54) is 34.3 Å². The number of piperazine rings is 1. The lowest BCUT2D eigenvalue weighted by atomic mass is 10.2. The van der Waals surface area contributed by atoms with E-state index >= 15 is 0 Å². The zero-order chi connectivity index (χ0) is 19.5.